The van der Waals surface area contributed by atoms with Gasteiger partial charge in [-0.3, -0.25) is 19.2 Å². The van der Waals surface area contributed by atoms with Gasteiger partial charge >= 0.3 is 5.97 Å². The van der Waals surface area contributed by atoms with Crippen LogP contribution in [0.25, 0.3) is 0 Å². The van der Waals surface area contributed by atoms with Crippen molar-refractivity contribution >= 4 is 41.4 Å². The van der Waals surface area contributed by atoms with Gasteiger partial charge in [-0.05, 0) is 18.4 Å². The Morgan fingerprint density at radius 2 is 1.70 bits per heavy atom. The van der Waals surface area contributed by atoms with E-state index in [0.29, 0.717) is 5.75 Å². The minimum Gasteiger partial charge on any atom is -0.480 e. The number of nitrogens with one attached hydrogen (secondary N) is 3. The van der Waals surface area contributed by atoms with E-state index in [9.17, 15) is 24.0 Å². The van der Waals surface area contributed by atoms with Gasteiger partial charge in [0.05, 0.1) is 19.6 Å². The number of carboxylic acids is 1. The lowest BCUT2D eigenvalue weighted by atomic mass is 10.2. The van der Waals surface area contributed by atoms with Crippen LogP contribution in [0.4, 0.5) is 0 Å². The van der Waals surface area contributed by atoms with Crippen molar-refractivity contribution in [2.45, 2.75) is 31.0 Å². The fourth-order valence-electron chi connectivity index (χ4n) is 1.80. The molecule has 0 aliphatic heterocycles. The van der Waals surface area contributed by atoms with E-state index in [2.05, 4.69) is 16.0 Å². The van der Waals surface area contributed by atoms with Crippen molar-refractivity contribution in [3.8, 4) is 0 Å². The number of thioether (sulfide) groups is 1. The zero-order valence-electron chi connectivity index (χ0n) is 14.8. The lowest BCUT2D eigenvalue weighted by Gasteiger charge is -2.20. The highest BCUT2D eigenvalue weighted by Gasteiger charge is 2.25. The van der Waals surface area contributed by atoms with Crippen molar-refractivity contribution < 1.29 is 34.2 Å². The Morgan fingerprint density at radius 3 is 2.19 bits per heavy atom. The summed E-state index contributed by atoms with van der Waals surface area (Å²) in [6, 6.07) is -3.69. The maximum absolute atomic E-state index is 12.2. The van der Waals surface area contributed by atoms with Gasteiger partial charge in [-0.15, -0.1) is 0 Å². The number of aliphatic hydroxyl groups excluding tert-OH is 1. The fraction of sp³-hybridized carbons (Fsp3) is 0.643. The smallest absolute Gasteiger partial charge is 0.326 e. The Hall–Kier alpha value is -2.38. The highest BCUT2D eigenvalue weighted by molar-refractivity contribution is 7.98. The van der Waals surface area contributed by atoms with Gasteiger partial charge in [-0.1, -0.05) is 0 Å². The zero-order chi connectivity index (χ0) is 21.0. The van der Waals surface area contributed by atoms with Crippen molar-refractivity contribution in [1.29, 1.82) is 0 Å². The quantitative estimate of drug-likeness (QED) is 0.159. The Labute approximate surface area is 159 Å². The van der Waals surface area contributed by atoms with E-state index >= 15 is 0 Å². The van der Waals surface area contributed by atoms with E-state index in [1.807, 2.05) is 0 Å². The average Bonchev–Trinajstić information content (AvgIpc) is 2.60. The summed E-state index contributed by atoms with van der Waals surface area (Å²) in [5.74, 6) is -4.09. The molecule has 0 aliphatic rings. The van der Waals surface area contributed by atoms with Crippen molar-refractivity contribution in [2.24, 2.45) is 11.5 Å². The van der Waals surface area contributed by atoms with Crippen LogP contribution < -0.4 is 27.4 Å². The Morgan fingerprint density at radius 1 is 1.07 bits per heavy atom. The molecule has 0 heterocycles. The number of nitrogens with two attached hydrogens (primary N) is 2. The minimum absolute atomic E-state index is 0.248. The average molecular weight is 407 g/mol. The number of hydrogen-bond acceptors (Lipinski definition) is 8. The van der Waals surface area contributed by atoms with Crippen molar-refractivity contribution in [3.05, 3.63) is 0 Å². The number of carbonyl (C=O) groups is 5. The summed E-state index contributed by atoms with van der Waals surface area (Å²) in [7, 11) is 0. The molecule has 0 spiro atoms. The molecule has 27 heavy (non-hydrogen) atoms. The maximum atomic E-state index is 12.2. The first-order valence-corrected chi connectivity index (χ1v) is 9.25. The fourth-order valence-corrected chi connectivity index (χ4v) is 2.27. The molecular formula is C14H25N5O7S. The van der Waals surface area contributed by atoms with Crippen molar-refractivity contribution in [1.82, 2.24) is 16.0 Å². The number of carbonyl (C=O) groups excluding carboxylic acids is 4. The molecule has 0 rings (SSSR count). The first-order chi connectivity index (χ1) is 12.6. The molecule has 0 aromatic carbocycles. The van der Waals surface area contributed by atoms with E-state index < -0.39 is 67.3 Å². The second-order valence-corrected chi connectivity index (χ2v) is 6.46. The van der Waals surface area contributed by atoms with Gasteiger partial charge in [0.2, 0.25) is 23.6 Å². The first-order valence-electron chi connectivity index (χ1n) is 7.86. The SMILES string of the molecule is CSCCC(NC(=O)C(N)CO)C(=O)NCC(=O)NC(CC(N)=O)C(=O)O. The van der Waals surface area contributed by atoms with Crippen LogP contribution >= 0.6 is 11.8 Å². The highest BCUT2D eigenvalue weighted by atomic mass is 32.2. The van der Waals surface area contributed by atoms with Gasteiger partial charge in [0, 0.05) is 0 Å². The largest absolute Gasteiger partial charge is 0.480 e. The summed E-state index contributed by atoms with van der Waals surface area (Å²) in [6.07, 6.45) is 1.45. The van der Waals surface area contributed by atoms with E-state index in [1.54, 1.807) is 6.26 Å². The van der Waals surface area contributed by atoms with Crippen LogP contribution in [-0.2, 0) is 24.0 Å². The monoisotopic (exact) mass is 407 g/mol. The third-order valence-electron chi connectivity index (χ3n) is 3.24. The van der Waals surface area contributed by atoms with Crippen LogP contribution in [0.5, 0.6) is 0 Å². The maximum Gasteiger partial charge on any atom is 0.326 e. The highest BCUT2D eigenvalue weighted by Crippen LogP contribution is 2.01. The number of aliphatic carboxylic acids is 1. The summed E-state index contributed by atoms with van der Waals surface area (Å²) < 4.78 is 0. The third kappa shape index (κ3) is 10.4. The van der Waals surface area contributed by atoms with Crippen LogP contribution in [-0.4, -0.2) is 83.1 Å². The predicted octanol–water partition coefficient (Wildman–Crippen LogP) is -3.90. The number of amides is 4. The normalized spacial score (nSPS) is 13.7. The summed E-state index contributed by atoms with van der Waals surface area (Å²) >= 11 is 1.43. The summed E-state index contributed by atoms with van der Waals surface area (Å²) in [4.78, 5) is 57.5. The molecule has 4 amide bonds. The molecule has 3 atom stereocenters. The van der Waals surface area contributed by atoms with Gasteiger partial charge in [-0.2, -0.15) is 11.8 Å². The van der Waals surface area contributed by atoms with Crippen LogP contribution in [0.3, 0.4) is 0 Å². The molecule has 3 unspecified atom stereocenters. The Balaban J connectivity index is 4.72. The molecule has 0 radical (unpaired) electrons. The van der Waals surface area contributed by atoms with Crippen LogP contribution in [0, 0.1) is 0 Å². The van der Waals surface area contributed by atoms with Crippen molar-refractivity contribution in [2.75, 3.05) is 25.2 Å². The molecule has 0 aromatic heterocycles. The summed E-state index contributed by atoms with van der Waals surface area (Å²) in [6.45, 7) is -1.17. The second-order valence-electron chi connectivity index (χ2n) is 5.48. The molecule has 0 fully saturated rings. The lowest BCUT2D eigenvalue weighted by molar-refractivity contribution is -0.143. The van der Waals surface area contributed by atoms with Gasteiger partial charge in [-0.25, -0.2) is 4.79 Å². The van der Waals surface area contributed by atoms with E-state index in [4.69, 9.17) is 21.7 Å². The Kier molecular flexibility index (Phi) is 11.8. The number of carboxylic acid groups (broad SMARTS) is 1. The molecule has 0 aliphatic carbocycles. The molecule has 154 valence electrons. The molecule has 0 aromatic rings. The minimum atomic E-state index is -1.51. The Bertz CT molecular complexity index is 560. The van der Waals surface area contributed by atoms with Gasteiger partial charge in [0.25, 0.3) is 0 Å². The molecule has 0 bridgehead atoms. The molecule has 13 heteroatoms. The third-order valence-corrected chi connectivity index (χ3v) is 3.88. The standard InChI is InChI=1S/C14H25N5O7S/c1-27-3-2-8(19-12(23)7(15)6-20)13(24)17-5-11(22)18-9(14(25)26)4-10(16)21/h7-9,20H,2-6,15H2,1H3,(H2,16,21)(H,17,24)(H,18,22)(H,19,23)(H,25,26). The van der Waals surface area contributed by atoms with Crippen LogP contribution in [0.2, 0.25) is 0 Å². The molecule has 0 saturated carbocycles. The van der Waals surface area contributed by atoms with Crippen LogP contribution in [0.15, 0.2) is 0 Å². The molecule has 12 nitrogen and oxygen atoms in total. The number of hydrogen-bond donors (Lipinski definition) is 7. The summed E-state index contributed by atoms with van der Waals surface area (Å²) in [5.41, 5.74) is 10.3. The van der Waals surface area contributed by atoms with Gasteiger partial charge in [0.1, 0.15) is 18.1 Å². The summed E-state index contributed by atoms with van der Waals surface area (Å²) in [5, 5.41) is 24.5. The van der Waals surface area contributed by atoms with E-state index in [1.165, 1.54) is 11.8 Å². The molecule has 9 N–H and O–H groups in total. The first kappa shape index (κ1) is 24.6. The predicted molar refractivity (Wildman–Crippen MR) is 96.4 cm³/mol. The van der Waals surface area contributed by atoms with Gasteiger partial charge < -0.3 is 37.6 Å². The van der Waals surface area contributed by atoms with Gasteiger partial charge in [0.15, 0.2) is 0 Å². The molecule has 0 saturated heterocycles. The number of rotatable bonds is 13. The number of primary amides is 1. The van der Waals surface area contributed by atoms with Crippen molar-refractivity contribution in [3.63, 3.8) is 0 Å². The zero-order valence-corrected chi connectivity index (χ0v) is 15.6. The second kappa shape index (κ2) is 12.9. The number of aliphatic hydroxyl groups is 1. The lowest BCUT2D eigenvalue weighted by Crippen LogP contribution is -2.54. The molecular weight excluding hydrogens is 382 g/mol. The topological polar surface area (TPSA) is 214 Å². The van der Waals surface area contributed by atoms with Crippen LogP contribution in [0.1, 0.15) is 12.8 Å². The van der Waals surface area contributed by atoms with E-state index in [0.717, 1.165) is 0 Å². The van der Waals surface area contributed by atoms with E-state index in [-0.39, 0.29) is 6.42 Å².